The fourth-order valence-electron chi connectivity index (χ4n) is 5.90. The fourth-order valence-corrected chi connectivity index (χ4v) is 5.90. The molecule has 3 aromatic rings. The number of hydrogen-bond acceptors (Lipinski definition) is 9. The topological polar surface area (TPSA) is 137 Å². The van der Waals surface area contributed by atoms with E-state index in [9.17, 15) is 19.2 Å². The number of ether oxygens (including phenoxy) is 3. The first-order chi connectivity index (χ1) is 21.7. The lowest BCUT2D eigenvalue weighted by Gasteiger charge is -2.33. The van der Waals surface area contributed by atoms with Gasteiger partial charge in [-0.05, 0) is 80.8 Å². The molecule has 2 unspecified atom stereocenters. The van der Waals surface area contributed by atoms with Crippen LogP contribution >= 0.6 is 0 Å². The first kappa shape index (κ1) is 30.4. The largest absolute Gasteiger partial charge is 0.484 e. The number of cyclic esters (lactones) is 1. The summed E-state index contributed by atoms with van der Waals surface area (Å²) in [7, 11) is 0. The third-order valence-electron chi connectivity index (χ3n) is 8.60. The van der Waals surface area contributed by atoms with Crippen molar-refractivity contribution in [1.82, 2.24) is 15.2 Å². The smallest absolute Gasteiger partial charge is 0.338 e. The van der Waals surface area contributed by atoms with Gasteiger partial charge in [-0.3, -0.25) is 14.4 Å². The minimum Gasteiger partial charge on any atom is -0.484 e. The van der Waals surface area contributed by atoms with E-state index < -0.39 is 30.1 Å². The molecule has 0 spiro atoms. The Labute approximate surface area is 261 Å². The van der Waals surface area contributed by atoms with Crippen LogP contribution in [-0.2, 0) is 19.1 Å². The van der Waals surface area contributed by atoms with Crippen molar-refractivity contribution >= 4 is 23.8 Å². The van der Waals surface area contributed by atoms with E-state index in [4.69, 9.17) is 18.6 Å². The van der Waals surface area contributed by atoms with E-state index in [0.717, 1.165) is 5.56 Å². The van der Waals surface area contributed by atoms with Crippen LogP contribution in [0.3, 0.4) is 0 Å². The van der Waals surface area contributed by atoms with Crippen LogP contribution in [0.2, 0.25) is 0 Å². The molecule has 2 aliphatic heterocycles. The predicted molar refractivity (Wildman–Crippen MR) is 160 cm³/mol. The summed E-state index contributed by atoms with van der Waals surface area (Å²) in [5.74, 6) is -0.560. The summed E-state index contributed by atoms with van der Waals surface area (Å²) in [4.78, 5) is 55.8. The van der Waals surface area contributed by atoms with Crippen LogP contribution < -0.4 is 10.1 Å². The lowest BCUT2D eigenvalue weighted by atomic mass is 10.00. The zero-order valence-corrected chi connectivity index (χ0v) is 25.4. The number of piperidine rings is 1. The van der Waals surface area contributed by atoms with Gasteiger partial charge in [0.15, 0.2) is 6.39 Å². The Bertz CT molecular complexity index is 1550. The van der Waals surface area contributed by atoms with Gasteiger partial charge >= 0.3 is 11.9 Å². The number of aromatic nitrogens is 1. The zero-order valence-electron chi connectivity index (χ0n) is 25.4. The number of nitrogens with zero attached hydrogens (tertiary/aromatic N) is 2. The Hall–Kier alpha value is -4.67. The van der Waals surface area contributed by atoms with E-state index in [1.165, 1.54) is 24.8 Å². The lowest BCUT2D eigenvalue weighted by Crippen LogP contribution is -2.46. The molecule has 3 fully saturated rings. The van der Waals surface area contributed by atoms with Gasteiger partial charge in [0.2, 0.25) is 11.7 Å². The van der Waals surface area contributed by atoms with Gasteiger partial charge < -0.3 is 28.8 Å². The van der Waals surface area contributed by atoms with Crippen molar-refractivity contribution in [2.75, 3.05) is 19.7 Å². The van der Waals surface area contributed by atoms with Gasteiger partial charge in [-0.2, -0.15) is 0 Å². The van der Waals surface area contributed by atoms with Gasteiger partial charge in [0.1, 0.15) is 24.6 Å². The molecule has 6 rings (SSSR count). The Balaban J connectivity index is 1.10. The normalized spacial score (nSPS) is 21.0. The maximum Gasteiger partial charge on any atom is 0.338 e. The van der Waals surface area contributed by atoms with E-state index in [0.29, 0.717) is 42.3 Å². The molecule has 0 radical (unpaired) electrons. The molecule has 2 amide bonds. The van der Waals surface area contributed by atoms with Gasteiger partial charge in [0, 0.05) is 6.54 Å². The molecule has 4 atom stereocenters. The quantitative estimate of drug-likeness (QED) is 0.327. The molecule has 2 aromatic carbocycles. The summed E-state index contributed by atoms with van der Waals surface area (Å²) in [6.07, 6.45) is 4.11. The number of rotatable bonds is 10. The highest BCUT2D eigenvalue weighted by atomic mass is 16.5. The fraction of sp³-hybridized carbons (Fsp3) is 0.441. The minimum atomic E-state index is -0.533. The second kappa shape index (κ2) is 13.1. The maximum atomic E-state index is 13.0. The average molecular weight is 616 g/mol. The van der Waals surface area contributed by atoms with Crippen molar-refractivity contribution in [3.05, 3.63) is 83.1 Å². The first-order valence-electron chi connectivity index (χ1n) is 15.5. The molecule has 3 heterocycles. The summed E-state index contributed by atoms with van der Waals surface area (Å²) in [5.41, 5.74) is 3.05. The van der Waals surface area contributed by atoms with E-state index in [1.807, 2.05) is 19.1 Å². The van der Waals surface area contributed by atoms with Crippen LogP contribution in [0.4, 0.5) is 0 Å². The SMILES string of the molecule is Cc1ncoc1C(=O)NC(C)C(Oc1ccc(C(=O)O[C@H]2CCCN(C(=O)[C@H]3COC(=O)C3)C2)cc1)c1ccc(C2CC2)cc1. The standard InChI is InChI=1S/C34H37N3O8/c1-20-31(43-19-35-20)32(39)36-21(2)30(24-9-7-23(8-10-24)22-5-6-22)44-27-13-11-25(12-14-27)34(41)45-28-4-3-15-37(17-28)33(40)26-16-29(38)42-18-26/h7-14,19,21-22,26,28,30H,3-6,15-18H2,1-2H3,(H,36,39)/t21?,26-,28+,30?/m1/s1. The van der Waals surface area contributed by atoms with Crippen LogP contribution in [0.1, 0.15) is 88.8 Å². The van der Waals surface area contributed by atoms with Crippen molar-refractivity contribution in [3.8, 4) is 5.75 Å². The number of benzene rings is 2. The van der Waals surface area contributed by atoms with Crippen molar-refractivity contribution in [3.63, 3.8) is 0 Å². The van der Waals surface area contributed by atoms with Gasteiger partial charge in [-0.25, -0.2) is 9.78 Å². The van der Waals surface area contributed by atoms with Crippen LogP contribution in [0.15, 0.2) is 59.3 Å². The number of oxazole rings is 1. The van der Waals surface area contributed by atoms with Gasteiger partial charge in [0.25, 0.3) is 5.91 Å². The average Bonchev–Trinajstić information content (AvgIpc) is 3.66. The van der Waals surface area contributed by atoms with Crippen molar-refractivity contribution in [2.24, 2.45) is 5.92 Å². The van der Waals surface area contributed by atoms with Crippen LogP contribution in [-0.4, -0.2) is 65.5 Å². The second-order valence-corrected chi connectivity index (χ2v) is 12.1. The van der Waals surface area contributed by atoms with Crippen LogP contribution in [0.25, 0.3) is 0 Å². The summed E-state index contributed by atoms with van der Waals surface area (Å²) in [6, 6.07) is 14.5. The number of nitrogens with one attached hydrogen (secondary N) is 1. The summed E-state index contributed by atoms with van der Waals surface area (Å²) in [6.45, 7) is 4.52. The Morgan fingerprint density at radius 1 is 1.04 bits per heavy atom. The highest BCUT2D eigenvalue weighted by molar-refractivity contribution is 5.92. The Morgan fingerprint density at radius 3 is 2.44 bits per heavy atom. The highest BCUT2D eigenvalue weighted by Gasteiger charge is 2.36. The number of carbonyl (C=O) groups is 4. The van der Waals surface area contributed by atoms with E-state index in [-0.39, 0.29) is 43.1 Å². The minimum absolute atomic E-state index is 0.0904. The molecule has 1 aliphatic carbocycles. The molecule has 11 nitrogen and oxygen atoms in total. The summed E-state index contributed by atoms with van der Waals surface area (Å²) < 4.78 is 22.4. The number of hydrogen-bond donors (Lipinski definition) is 1. The monoisotopic (exact) mass is 615 g/mol. The molecule has 0 bridgehead atoms. The van der Waals surface area contributed by atoms with Crippen molar-refractivity contribution < 1.29 is 37.8 Å². The third-order valence-corrected chi connectivity index (χ3v) is 8.60. The van der Waals surface area contributed by atoms with Crippen molar-refractivity contribution in [2.45, 2.75) is 70.1 Å². The Morgan fingerprint density at radius 2 is 1.80 bits per heavy atom. The molecule has 11 heteroatoms. The third kappa shape index (κ3) is 7.19. The van der Waals surface area contributed by atoms with Crippen LogP contribution in [0.5, 0.6) is 5.75 Å². The molecule has 45 heavy (non-hydrogen) atoms. The predicted octanol–water partition coefficient (Wildman–Crippen LogP) is 4.51. The molecular formula is C34H37N3O8. The van der Waals surface area contributed by atoms with Gasteiger partial charge in [0.05, 0.1) is 36.2 Å². The van der Waals surface area contributed by atoms with E-state index >= 15 is 0 Å². The highest BCUT2D eigenvalue weighted by Crippen LogP contribution is 2.40. The molecular weight excluding hydrogens is 578 g/mol. The molecule has 1 saturated carbocycles. The van der Waals surface area contributed by atoms with E-state index in [2.05, 4.69) is 22.4 Å². The Kier molecular flexibility index (Phi) is 8.86. The number of esters is 2. The molecule has 1 N–H and O–H groups in total. The van der Waals surface area contributed by atoms with E-state index in [1.54, 1.807) is 36.1 Å². The molecule has 1 aromatic heterocycles. The number of aryl methyl sites for hydroxylation is 1. The van der Waals surface area contributed by atoms with Crippen molar-refractivity contribution in [1.29, 1.82) is 0 Å². The van der Waals surface area contributed by atoms with Gasteiger partial charge in [-0.1, -0.05) is 24.3 Å². The van der Waals surface area contributed by atoms with Gasteiger partial charge in [-0.15, -0.1) is 0 Å². The van der Waals surface area contributed by atoms with Crippen LogP contribution in [0, 0.1) is 12.8 Å². The zero-order chi connectivity index (χ0) is 31.5. The lowest BCUT2D eigenvalue weighted by molar-refractivity contribution is -0.139. The molecule has 236 valence electrons. The number of likely N-dealkylation sites (tertiary alicyclic amines) is 1. The maximum absolute atomic E-state index is 13.0. The first-order valence-corrected chi connectivity index (χ1v) is 15.5. The number of amides is 2. The number of carbonyl (C=O) groups excluding carboxylic acids is 4. The molecule has 3 aliphatic rings. The molecule has 2 saturated heterocycles. The summed E-state index contributed by atoms with van der Waals surface area (Å²) in [5, 5.41) is 2.97. The summed E-state index contributed by atoms with van der Waals surface area (Å²) >= 11 is 0. The second-order valence-electron chi connectivity index (χ2n) is 12.1.